The second-order valence-electron chi connectivity index (χ2n) is 3.40. The molecule has 0 aromatic heterocycles. The van der Waals surface area contributed by atoms with Gasteiger partial charge in [0.1, 0.15) is 6.04 Å². The molecule has 6 heteroatoms. The van der Waals surface area contributed by atoms with Gasteiger partial charge >= 0.3 is 5.97 Å². The van der Waals surface area contributed by atoms with E-state index in [1.54, 1.807) is 30.3 Å². The molecule has 1 aromatic rings. The molecule has 0 aliphatic carbocycles. The summed E-state index contributed by atoms with van der Waals surface area (Å²) in [6, 6.07) is 7.17. The highest BCUT2D eigenvalue weighted by Crippen LogP contribution is 2.12. The summed E-state index contributed by atoms with van der Waals surface area (Å²) >= 11 is 3.81. The number of benzene rings is 1. The normalized spacial score (nSPS) is 13.8. The highest BCUT2D eigenvalue weighted by Gasteiger charge is 2.23. The molecular formula is C11H13NO4S. The van der Waals surface area contributed by atoms with Crippen molar-refractivity contribution < 1.29 is 19.8 Å². The molecule has 0 heterocycles. The molecule has 5 nitrogen and oxygen atoms in total. The largest absolute Gasteiger partial charge is 0.480 e. The molecule has 0 aliphatic heterocycles. The van der Waals surface area contributed by atoms with Crippen LogP contribution in [-0.4, -0.2) is 33.9 Å². The molecule has 3 N–H and O–H groups in total. The number of hydrogen-bond acceptors (Lipinski definition) is 4. The lowest BCUT2D eigenvalue weighted by Gasteiger charge is -2.15. The van der Waals surface area contributed by atoms with E-state index < -0.39 is 24.0 Å². The van der Waals surface area contributed by atoms with Crippen molar-refractivity contribution in [1.82, 2.24) is 5.32 Å². The van der Waals surface area contributed by atoms with Gasteiger partial charge in [0.25, 0.3) is 5.91 Å². The van der Waals surface area contributed by atoms with Crippen LogP contribution in [0.1, 0.15) is 11.7 Å². The maximum absolute atomic E-state index is 11.6. The van der Waals surface area contributed by atoms with Gasteiger partial charge in [0, 0.05) is 5.75 Å². The Morgan fingerprint density at radius 1 is 1.29 bits per heavy atom. The molecule has 1 amide bonds. The average Bonchev–Trinajstić information content (AvgIpc) is 2.35. The molecule has 0 unspecified atom stereocenters. The molecule has 0 aliphatic rings. The van der Waals surface area contributed by atoms with Crippen molar-refractivity contribution in [3.8, 4) is 0 Å². The summed E-state index contributed by atoms with van der Waals surface area (Å²) in [4.78, 5) is 22.2. The predicted octanol–water partition coefficient (Wildman–Crippen LogP) is 0.219. The minimum Gasteiger partial charge on any atom is -0.480 e. The van der Waals surface area contributed by atoms with Gasteiger partial charge in [-0.25, -0.2) is 4.79 Å². The van der Waals surface area contributed by atoms with E-state index in [4.69, 9.17) is 5.11 Å². The third-order valence-electron chi connectivity index (χ3n) is 2.16. The molecule has 0 saturated carbocycles. The maximum Gasteiger partial charge on any atom is 0.327 e. The smallest absolute Gasteiger partial charge is 0.327 e. The second kappa shape index (κ2) is 6.27. The molecule has 0 spiro atoms. The lowest BCUT2D eigenvalue weighted by Crippen LogP contribution is -2.44. The molecule has 2 atom stereocenters. The number of aliphatic carboxylic acids is 1. The van der Waals surface area contributed by atoms with Gasteiger partial charge in [0.2, 0.25) is 0 Å². The number of thiol groups is 1. The molecule has 92 valence electrons. The molecule has 0 bridgehead atoms. The fraction of sp³-hybridized carbons (Fsp3) is 0.273. The quantitative estimate of drug-likeness (QED) is 0.567. The van der Waals surface area contributed by atoms with Crippen LogP contribution >= 0.6 is 12.6 Å². The Labute approximate surface area is 104 Å². The van der Waals surface area contributed by atoms with E-state index in [1.807, 2.05) is 0 Å². The molecule has 0 saturated heterocycles. The van der Waals surface area contributed by atoms with Gasteiger partial charge in [-0.1, -0.05) is 30.3 Å². The van der Waals surface area contributed by atoms with Crippen molar-refractivity contribution in [2.45, 2.75) is 12.1 Å². The van der Waals surface area contributed by atoms with Crippen molar-refractivity contribution in [2.24, 2.45) is 0 Å². The number of aliphatic hydroxyl groups is 1. The number of aliphatic hydroxyl groups excluding tert-OH is 1. The van der Waals surface area contributed by atoms with Crippen molar-refractivity contribution in [3.63, 3.8) is 0 Å². The summed E-state index contributed by atoms with van der Waals surface area (Å²) in [5.41, 5.74) is 0.410. The summed E-state index contributed by atoms with van der Waals surface area (Å²) in [7, 11) is 0. The van der Waals surface area contributed by atoms with E-state index in [1.165, 1.54) is 0 Å². The van der Waals surface area contributed by atoms with Crippen LogP contribution < -0.4 is 5.32 Å². The zero-order chi connectivity index (χ0) is 12.8. The first kappa shape index (κ1) is 13.5. The minimum absolute atomic E-state index is 0.0391. The van der Waals surface area contributed by atoms with Crippen LogP contribution in [0.25, 0.3) is 0 Å². The zero-order valence-corrected chi connectivity index (χ0v) is 9.80. The molecule has 0 radical (unpaired) electrons. The van der Waals surface area contributed by atoms with Crippen molar-refractivity contribution in [2.75, 3.05) is 5.75 Å². The Morgan fingerprint density at radius 3 is 2.35 bits per heavy atom. The fourth-order valence-electron chi connectivity index (χ4n) is 1.22. The first-order valence-corrected chi connectivity index (χ1v) is 5.56. The zero-order valence-electron chi connectivity index (χ0n) is 8.91. The standard InChI is InChI=1S/C11H13NO4S/c13-9(7-4-2-1-3-5-7)10(14)12-8(6-17)11(15)16/h1-5,8-9,13,17H,6H2,(H,12,14)(H,15,16)/t8-,9+/m0/s1. The Kier molecular flexibility index (Phi) is 4.99. The van der Waals surface area contributed by atoms with Crippen LogP contribution in [0.4, 0.5) is 0 Å². The third-order valence-corrected chi connectivity index (χ3v) is 2.53. The summed E-state index contributed by atoms with van der Waals surface area (Å²) in [5, 5.41) is 20.6. The van der Waals surface area contributed by atoms with Gasteiger partial charge in [-0.15, -0.1) is 0 Å². The van der Waals surface area contributed by atoms with Crippen LogP contribution in [0.15, 0.2) is 30.3 Å². The second-order valence-corrected chi connectivity index (χ2v) is 3.76. The Morgan fingerprint density at radius 2 is 1.88 bits per heavy atom. The van der Waals surface area contributed by atoms with Crippen LogP contribution in [0.2, 0.25) is 0 Å². The van der Waals surface area contributed by atoms with E-state index in [0.717, 1.165) is 0 Å². The summed E-state index contributed by atoms with van der Waals surface area (Å²) < 4.78 is 0. The number of carbonyl (C=O) groups is 2. The lowest BCUT2D eigenvalue weighted by atomic mass is 10.1. The average molecular weight is 255 g/mol. The Hall–Kier alpha value is -1.53. The first-order chi connectivity index (χ1) is 8.06. The van der Waals surface area contributed by atoms with E-state index in [9.17, 15) is 14.7 Å². The Bertz CT molecular complexity index is 396. The number of hydrogen-bond donors (Lipinski definition) is 4. The fourth-order valence-corrected chi connectivity index (χ4v) is 1.47. The SMILES string of the molecule is O=C(O)[C@H](CS)NC(=O)[C@H](O)c1ccccc1. The van der Waals surface area contributed by atoms with Gasteiger partial charge in [0.15, 0.2) is 6.10 Å². The van der Waals surface area contributed by atoms with Gasteiger partial charge < -0.3 is 15.5 Å². The monoisotopic (exact) mass is 255 g/mol. The van der Waals surface area contributed by atoms with Crippen LogP contribution in [-0.2, 0) is 9.59 Å². The Balaban J connectivity index is 2.68. The molecular weight excluding hydrogens is 242 g/mol. The minimum atomic E-state index is -1.38. The first-order valence-electron chi connectivity index (χ1n) is 4.93. The van der Waals surface area contributed by atoms with Crippen LogP contribution in [0, 0.1) is 0 Å². The van der Waals surface area contributed by atoms with Gasteiger partial charge in [-0.3, -0.25) is 4.79 Å². The lowest BCUT2D eigenvalue weighted by molar-refractivity contribution is -0.142. The van der Waals surface area contributed by atoms with E-state index in [0.29, 0.717) is 5.56 Å². The van der Waals surface area contributed by atoms with E-state index in [-0.39, 0.29) is 5.75 Å². The van der Waals surface area contributed by atoms with E-state index >= 15 is 0 Å². The molecule has 1 aromatic carbocycles. The van der Waals surface area contributed by atoms with Crippen LogP contribution in [0.3, 0.4) is 0 Å². The van der Waals surface area contributed by atoms with Crippen molar-refractivity contribution >= 4 is 24.5 Å². The van der Waals surface area contributed by atoms with Gasteiger partial charge in [-0.05, 0) is 5.56 Å². The number of carboxylic acids is 1. The highest BCUT2D eigenvalue weighted by atomic mass is 32.1. The number of carboxylic acid groups (broad SMARTS) is 1. The van der Waals surface area contributed by atoms with Gasteiger partial charge in [0.05, 0.1) is 0 Å². The topological polar surface area (TPSA) is 86.6 Å². The maximum atomic E-state index is 11.6. The summed E-state index contributed by atoms with van der Waals surface area (Å²) in [6.07, 6.45) is -1.38. The number of amides is 1. The third kappa shape index (κ3) is 3.76. The summed E-state index contributed by atoms with van der Waals surface area (Å²) in [6.45, 7) is 0. The molecule has 17 heavy (non-hydrogen) atoms. The van der Waals surface area contributed by atoms with Crippen LogP contribution in [0.5, 0.6) is 0 Å². The van der Waals surface area contributed by atoms with Crippen molar-refractivity contribution in [1.29, 1.82) is 0 Å². The number of rotatable bonds is 5. The predicted molar refractivity (Wildman–Crippen MR) is 64.8 cm³/mol. The summed E-state index contributed by atoms with van der Waals surface area (Å²) in [5.74, 6) is -1.98. The highest BCUT2D eigenvalue weighted by molar-refractivity contribution is 7.80. The van der Waals surface area contributed by atoms with Gasteiger partial charge in [-0.2, -0.15) is 12.6 Å². The molecule has 0 fully saturated rings. The number of nitrogens with one attached hydrogen (secondary N) is 1. The molecule has 1 rings (SSSR count). The van der Waals surface area contributed by atoms with E-state index in [2.05, 4.69) is 17.9 Å². The number of carbonyl (C=O) groups excluding carboxylic acids is 1. The van der Waals surface area contributed by atoms with Crippen molar-refractivity contribution in [3.05, 3.63) is 35.9 Å².